The fraction of sp³-hybridized carbons (Fsp3) is 0.632. The fourth-order valence-corrected chi connectivity index (χ4v) is 4.29. The van der Waals surface area contributed by atoms with E-state index < -0.39 is 6.10 Å². The second-order valence-corrected chi connectivity index (χ2v) is 6.89. The van der Waals surface area contributed by atoms with Crippen molar-refractivity contribution < 1.29 is 14.3 Å². The van der Waals surface area contributed by atoms with Gasteiger partial charge in [0.25, 0.3) is 0 Å². The van der Waals surface area contributed by atoms with Crippen LogP contribution < -0.4 is 0 Å². The van der Waals surface area contributed by atoms with Gasteiger partial charge < -0.3 is 10.0 Å². The average molecular weight is 334 g/mol. The third-order valence-electron chi connectivity index (χ3n) is 5.45. The zero-order chi connectivity index (χ0) is 17.1. The average Bonchev–Trinajstić information content (AvgIpc) is 3.23. The normalized spacial score (nSPS) is 26.0. The molecule has 5 heteroatoms. The minimum Gasteiger partial charge on any atom is -0.387 e. The molecule has 2 fully saturated rings. The van der Waals surface area contributed by atoms with Gasteiger partial charge in [-0.25, -0.2) is 4.39 Å². The number of amides is 1. The molecule has 3 rings (SSSR count). The lowest BCUT2D eigenvalue weighted by molar-refractivity contribution is -0.132. The van der Waals surface area contributed by atoms with E-state index in [9.17, 15) is 14.3 Å². The van der Waals surface area contributed by atoms with Crippen LogP contribution in [-0.4, -0.2) is 52.5 Å². The number of aliphatic hydroxyl groups is 1. The van der Waals surface area contributed by atoms with E-state index in [-0.39, 0.29) is 23.8 Å². The summed E-state index contributed by atoms with van der Waals surface area (Å²) in [5.41, 5.74) is 0.357. The Balaban J connectivity index is 1.69. The van der Waals surface area contributed by atoms with Gasteiger partial charge >= 0.3 is 0 Å². The molecule has 0 radical (unpaired) electrons. The number of likely N-dealkylation sites (tertiary alicyclic amines) is 2. The van der Waals surface area contributed by atoms with Crippen LogP contribution in [0, 0.1) is 5.82 Å². The zero-order valence-electron chi connectivity index (χ0n) is 14.3. The number of carbonyl (C=O) groups is 1. The molecule has 1 aromatic carbocycles. The molecule has 0 aliphatic carbocycles. The van der Waals surface area contributed by atoms with E-state index >= 15 is 0 Å². The van der Waals surface area contributed by atoms with Crippen molar-refractivity contribution in [3.8, 4) is 0 Å². The molecule has 1 aromatic rings. The van der Waals surface area contributed by atoms with Crippen LogP contribution in [0.15, 0.2) is 24.3 Å². The lowest BCUT2D eigenvalue weighted by atomic mass is 10.0. The summed E-state index contributed by atoms with van der Waals surface area (Å²) in [6.45, 7) is 4.08. The van der Waals surface area contributed by atoms with Gasteiger partial charge in [-0.15, -0.1) is 0 Å². The van der Waals surface area contributed by atoms with Gasteiger partial charge in [-0.3, -0.25) is 9.69 Å². The molecular weight excluding hydrogens is 307 g/mol. The number of nitrogens with zero attached hydrogens (tertiary/aromatic N) is 2. The Hall–Kier alpha value is -1.46. The van der Waals surface area contributed by atoms with Crippen LogP contribution in [0.5, 0.6) is 0 Å². The lowest BCUT2D eigenvalue weighted by Crippen LogP contribution is -2.49. The molecule has 0 aromatic heterocycles. The van der Waals surface area contributed by atoms with E-state index in [1.165, 1.54) is 6.07 Å². The molecule has 0 unspecified atom stereocenters. The first-order chi connectivity index (χ1) is 11.6. The second-order valence-electron chi connectivity index (χ2n) is 6.89. The Morgan fingerprint density at radius 1 is 1.25 bits per heavy atom. The van der Waals surface area contributed by atoms with E-state index in [0.717, 1.165) is 38.8 Å². The summed E-state index contributed by atoms with van der Waals surface area (Å²) in [5.74, 6) is -0.136. The predicted molar refractivity (Wildman–Crippen MR) is 91.0 cm³/mol. The Morgan fingerprint density at radius 3 is 2.71 bits per heavy atom. The summed E-state index contributed by atoms with van der Waals surface area (Å²) in [7, 11) is 0. The summed E-state index contributed by atoms with van der Waals surface area (Å²) in [6.07, 6.45) is 3.91. The molecule has 2 aliphatic heterocycles. The maximum absolute atomic E-state index is 13.9. The first-order valence-electron chi connectivity index (χ1n) is 9.07. The summed E-state index contributed by atoms with van der Waals surface area (Å²) in [4.78, 5) is 16.5. The highest BCUT2D eigenvalue weighted by Crippen LogP contribution is 2.32. The van der Waals surface area contributed by atoms with Gasteiger partial charge in [0.05, 0.1) is 6.10 Å². The molecule has 132 valence electrons. The molecule has 1 N–H and O–H groups in total. The Morgan fingerprint density at radius 2 is 1.96 bits per heavy atom. The van der Waals surface area contributed by atoms with Gasteiger partial charge in [-0.2, -0.15) is 0 Å². The number of rotatable bonds is 5. The van der Waals surface area contributed by atoms with Crippen molar-refractivity contribution in [3.05, 3.63) is 35.6 Å². The largest absolute Gasteiger partial charge is 0.387 e. The topological polar surface area (TPSA) is 43.8 Å². The molecule has 0 spiro atoms. The fourth-order valence-electron chi connectivity index (χ4n) is 4.29. The summed E-state index contributed by atoms with van der Waals surface area (Å²) < 4.78 is 13.9. The summed E-state index contributed by atoms with van der Waals surface area (Å²) in [5, 5.41) is 10.5. The molecular formula is C19H27FN2O2. The van der Waals surface area contributed by atoms with Crippen LogP contribution in [0.1, 0.15) is 50.7 Å². The van der Waals surface area contributed by atoms with Gasteiger partial charge in [0.1, 0.15) is 5.82 Å². The van der Waals surface area contributed by atoms with Crippen LogP contribution in [0.3, 0.4) is 0 Å². The standard InChI is InChI=1S/C19H27FN2O2/c1-2-19(24)22-12-6-10-17(22)16-9-5-11-21(16)13-18(23)14-7-3-4-8-15(14)20/h3-4,7-8,16-18,23H,2,5-6,9-13H2,1H3/t16-,17-,18-/m1/s1. The monoisotopic (exact) mass is 334 g/mol. The number of hydrogen-bond donors (Lipinski definition) is 1. The van der Waals surface area contributed by atoms with Crippen LogP contribution in [-0.2, 0) is 4.79 Å². The van der Waals surface area contributed by atoms with E-state index in [1.54, 1.807) is 18.2 Å². The first-order valence-corrected chi connectivity index (χ1v) is 9.07. The van der Waals surface area contributed by atoms with Crippen LogP contribution in [0.2, 0.25) is 0 Å². The van der Waals surface area contributed by atoms with E-state index in [4.69, 9.17) is 0 Å². The van der Waals surface area contributed by atoms with Crippen molar-refractivity contribution in [3.63, 3.8) is 0 Å². The van der Waals surface area contributed by atoms with Gasteiger partial charge in [-0.05, 0) is 38.3 Å². The van der Waals surface area contributed by atoms with E-state index in [0.29, 0.717) is 18.5 Å². The SMILES string of the molecule is CCC(=O)N1CCC[C@@H]1[C@H]1CCCN1C[C@@H](O)c1ccccc1F. The molecule has 4 nitrogen and oxygen atoms in total. The van der Waals surface area contributed by atoms with Gasteiger partial charge in [0.15, 0.2) is 0 Å². The molecule has 2 aliphatic rings. The van der Waals surface area contributed by atoms with Crippen molar-refractivity contribution in [2.45, 2.75) is 57.2 Å². The highest BCUT2D eigenvalue weighted by atomic mass is 19.1. The van der Waals surface area contributed by atoms with Crippen LogP contribution >= 0.6 is 0 Å². The minimum absolute atomic E-state index is 0.221. The number of aliphatic hydroxyl groups excluding tert-OH is 1. The smallest absolute Gasteiger partial charge is 0.222 e. The molecule has 1 amide bonds. The second kappa shape index (κ2) is 7.62. The van der Waals surface area contributed by atoms with Crippen molar-refractivity contribution >= 4 is 5.91 Å². The van der Waals surface area contributed by atoms with Crippen LogP contribution in [0.25, 0.3) is 0 Å². The summed E-state index contributed by atoms with van der Waals surface area (Å²) in [6, 6.07) is 6.95. The molecule has 2 heterocycles. The summed E-state index contributed by atoms with van der Waals surface area (Å²) >= 11 is 0. The predicted octanol–water partition coefficient (Wildman–Crippen LogP) is 2.72. The van der Waals surface area contributed by atoms with Gasteiger partial charge in [0.2, 0.25) is 5.91 Å². The first kappa shape index (κ1) is 17.4. The maximum atomic E-state index is 13.9. The van der Waals surface area contributed by atoms with Crippen molar-refractivity contribution in [1.29, 1.82) is 0 Å². The third-order valence-corrected chi connectivity index (χ3v) is 5.45. The number of hydrogen-bond acceptors (Lipinski definition) is 3. The zero-order valence-corrected chi connectivity index (χ0v) is 14.3. The van der Waals surface area contributed by atoms with Gasteiger partial charge in [0, 0.05) is 37.2 Å². The quantitative estimate of drug-likeness (QED) is 0.900. The highest BCUT2D eigenvalue weighted by Gasteiger charge is 2.39. The van der Waals surface area contributed by atoms with Crippen molar-refractivity contribution in [2.24, 2.45) is 0 Å². The number of halogens is 1. The maximum Gasteiger partial charge on any atom is 0.222 e. The molecule has 2 saturated heterocycles. The van der Waals surface area contributed by atoms with E-state index in [1.807, 2.05) is 11.8 Å². The van der Waals surface area contributed by atoms with E-state index in [2.05, 4.69) is 4.90 Å². The van der Waals surface area contributed by atoms with Crippen molar-refractivity contribution in [1.82, 2.24) is 9.80 Å². The lowest BCUT2D eigenvalue weighted by Gasteiger charge is -2.36. The molecule has 24 heavy (non-hydrogen) atoms. The number of β-amino-alcohol motifs (C(OH)–C–C–N with tert-alkyl or cyclic N) is 1. The molecule has 0 saturated carbocycles. The Bertz CT molecular complexity index is 580. The number of carbonyl (C=O) groups excluding carboxylic acids is 1. The van der Waals surface area contributed by atoms with Gasteiger partial charge in [-0.1, -0.05) is 25.1 Å². The molecule has 0 bridgehead atoms. The highest BCUT2D eigenvalue weighted by molar-refractivity contribution is 5.76. The number of benzene rings is 1. The third kappa shape index (κ3) is 3.47. The van der Waals surface area contributed by atoms with Crippen molar-refractivity contribution in [2.75, 3.05) is 19.6 Å². The minimum atomic E-state index is -0.830. The Labute approximate surface area is 143 Å². The molecule has 3 atom stereocenters. The van der Waals surface area contributed by atoms with Crippen LogP contribution in [0.4, 0.5) is 4.39 Å². The Kier molecular flexibility index (Phi) is 5.51.